The molecule has 0 N–H and O–H groups in total. The van der Waals surface area contributed by atoms with E-state index in [1.807, 2.05) is 35.2 Å². The predicted molar refractivity (Wildman–Crippen MR) is 134 cm³/mol. The quantitative estimate of drug-likeness (QED) is 0.481. The van der Waals surface area contributed by atoms with Crippen LogP contribution < -0.4 is 9.04 Å². The molecule has 3 aromatic rings. The fraction of sp³-hybridized carbons (Fsp3) is 0.296. The van der Waals surface area contributed by atoms with Gasteiger partial charge in [-0.2, -0.15) is 0 Å². The highest BCUT2D eigenvalue weighted by Gasteiger charge is 2.29. The molecule has 0 bridgehead atoms. The van der Waals surface area contributed by atoms with Gasteiger partial charge >= 0.3 is 0 Å². The maximum atomic E-state index is 14.0. The van der Waals surface area contributed by atoms with Gasteiger partial charge in [0, 0.05) is 18.7 Å². The lowest BCUT2D eigenvalue weighted by atomic mass is 9.99. The van der Waals surface area contributed by atoms with Crippen LogP contribution in [0.5, 0.6) is 5.75 Å². The van der Waals surface area contributed by atoms with Gasteiger partial charge in [0.05, 0.1) is 24.2 Å². The summed E-state index contributed by atoms with van der Waals surface area (Å²) in [6, 6.07) is 22.8. The topological polar surface area (TPSA) is 66.9 Å². The minimum Gasteiger partial charge on any atom is -0.495 e. The maximum Gasteiger partial charge on any atom is 0.264 e. The van der Waals surface area contributed by atoms with Crippen LogP contribution in [0, 0.1) is 5.92 Å². The number of carbonyl (C=O) groups is 1. The molecule has 1 fully saturated rings. The number of sulfonamides is 1. The van der Waals surface area contributed by atoms with Gasteiger partial charge in [-0.15, -0.1) is 0 Å². The SMILES string of the molecule is COc1ccccc1N(Cc1ccccc1)S(=O)(=O)c1cccc(C(=O)N2CCC[C@@H](C)C2)c1. The zero-order chi connectivity index (χ0) is 24.1. The second-order valence-corrected chi connectivity index (χ2v) is 10.6. The molecule has 1 saturated heterocycles. The molecule has 1 aliphatic heterocycles. The van der Waals surface area contributed by atoms with Crippen LogP contribution in [0.1, 0.15) is 35.7 Å². The van der Waals surface area contributed by atoms with Gasteiger partial charge < -0.3 is 9.64 Å². The molecule has 0 aromatic heterocycles. The van der Waals surface area contributed by atoms with Gasteiger partial charge in [-0.25, -0.2) is 8.42 Å². The summed E-state index contributed by atoms with van der Waals surface area (Å²) >= 11 is 0. The summed E-state index contributed by atoms with van der Waals surface area (Å²) < 4.78 is 34.7. The number of likely N-dealkylation sites (tertiary alicyclic amines) is 1. The highest BCUT2D eigenvalue weighted by atomic mass is 32.2. The lowest BCUT2D eigenvalue weighted by Gasteiger charge is -2.31. The third-order valence-corrected chi connectivity index (χ3v) is 7.89. The van der Waals surface area contributed by atoms with E-state index in [1.165, 1.54) is 17.5 Å². The molecular formula is C27H30N2O4S. The van der Waals surface area contributed by atoms with Crippen molar-refractivity contribution in [2.24, 2.45) is 5.92 Å². The van der Waals surface area contributed by atoms with E-state index in [1.54, 1.807) is 42.5 Å². The molecule has 34 heavy (non-hydrogen) atoms. The van der Waals surface area contributed by atoms with Gasteiger partial charge in [0.25, 0.3) is 15.9 Å². The van der Waals surface area contributed by atoms with Crippen molar-refractivity contribution in [1.29, 1.82) is 0 Å². The normalized spacial score (nSPS) is 16.2. The molecule has 0 spiro atoms. The van der Waals surface area contributed by atoms with Gasteiger partial charge in [-0.1, -0.05) is 55.5 Å². The van der Waals surface area contributed by atoms with Gasteiger partial charge in [-0.3, -0.25) is 9.10 Å². The highest BCUT2D eigenvalue weighted by molar-refractivity contribution is 7.92. The Labute approximate surface area is 201 Å². The lowest BCUT2D eigenvalue weighted by Crippen LogP contribution is -2.39. The molecule has 4 rings (SSSR count). The predicted octanol–water partition coefficient (Wildman–Crippen LogP) is 4.96. The molecule has 3 aromatic carbocycles. The van der Waals surface area contributed by atoms with Crippen LogP contribution in [0.4, 0.5) is 5.69 Å². The fourth-order valence-electron chi connectivity index (χ4n) is 4.36. The van der Waals surface area contributed by atoms with Crippen LogP contribution in [-0.2, 0) is 16.6 Å². The Hall–Kier alpha value is -3.32. The van der Waals surface area contributed by atoms with Crippen molar-refractivity contribution in [3.63, 3.8) is 0 Å². The second-order valence-electron chi connectivity index (χ2n) is 8.70. The zero-order valence-corrected chi connectivity index (χ0v) is 20.4. The van der Waals surface area contributed by atoms with E-state index >= 15 is 0 Å². The van der Waals surface area contributed by atoms with Gasteiger partial charge in [0.2, 0.25) is 0 Å². The standard InChI is InChI=1S/C27H30N2O4S/c1-21-10-9-17-28(19-21)27(30)23-13-8-14-24(18-23)34(31,32)29(20-22-11-4-3-5-12-22)25-15-6-7-16-26(25)33-2/h3-8,11-16,18,21H,9-10,17,19-20H2,1-2H3/t21-/m1/s1. The summed E-state index contributed by atoms with van der Waals surface area (Å²) in [6.45, 7) is 3.65. The highest BCUT2D eigenvalue weighted by Crippen LogP contribution is 2.34. The number of benzene rings is 3. The molecule has 0 saturated carbocycles. The van der Waals surface area contributed by atoms with Crippen molar-refractivity contribution < 1.29 is 17.9 Å². The fourth-order valence-corrected chi connectivity index (χ4v) is 5.87. The van der Waals surface area contributed by atoms with Crippen molar-refractivity contribution in [3.8, 4) is 5.75 Å². The first kappa shape index (κ1) is 23.8. The van der Waals surface area contributed by atoms with Crippen molar-refractivity contribution in [3.05, 3.63) is 90.0 Å². The summed E-state index contributed by atoms with van der Waals surface area (Å²) in [5, 5.41) is 0. The minimum absolute atomic E-state index is 0.0743. The molecule has 1 atom stereocenters. The number of para-hydroxylation sites is 2. The molecular weight excluding hydrogens is 448 g/mol. The first-order chi connectivity index (χ1) is 16.4. The maximum absolute atomic E-state index is 14.0. The average molecular weight is 479 g/mol. The van der Waals surface area contributed by atoms with Crippen LogP contribution in [0.15, 0.2) is 83.8 Å². The van der Waals surface area contributed by atoms with Crippen LogP contribution in [0.25, 0.3) is 0 Å². The van der Waals surface area contributed by atoms with E-state index in [2.05, 4.69) is 6.92 Å². The number of piperidine rings is 1. The molecule has 0 unspecified atom stereocenters. The number of ether oxygens (including phenoxy) is 1. The number of carbonyl (C=O) groups excluding carboxylic acids is 1. The molecule has 7 heteroatoms. The Kier molecular flexibility index (Phi) is 7.22. The number of methoxy groups -OCH3 is 1. The Morgan fingerprint density at radius 3 is 2.50 bits per heavy atom. The summed E-state index contributed by atoms with van der Waals surface area (Å²) in [4.78, 5) is 15.0. The van der Waals surface area contributed by atoms with Crippen molar-refractivity contribution >= 4 is 21.6 Å². The summed E-state index contributed by atoms with van der Waals surface area (Å²) in [5.41, 5.74) is 1.66. The van der Waals surface area contributed by atoms with Crippen molar-refractivity contribution in [1.82, 2.24) is 4.90 Å². The van der Waals surface area contributed by atoms with Crippen LogP contribution in [0.2, 0.25) is 0 Å². The molecule has 6 nitrogen and oxygen atoms in total. The molecule has 1 amide bonds. The summed E-state index contributed by atoms with van der Waals surface area (Å²) in [6.07, 6.45) is 2.06. The number of anilines is 1. The van der Waals surface area contributed by atoms with Crippen LogP contribution >= 0.6 is 0 Å². The molecule has 1 heterocycles. The first-order valence-electron chi connectivity index (χ1n) is 11.5. The number of amides is 1. The van der Waals surface area contributed by atoms with Gasteiger partial charge in [-0.05, 0) is 54.7 Å². The Morgan fingerprint density at radius 1 is 1.03 bits per heavy atom. The van der Waals surface area contributed by atoms with E-state index in [-0.39, 0.29) is 17.3 Å². The number of hydrogen-bond donors (Lipinski definition) is 0. The zero-order valence-electron chi connectivity index (χ0n) is 19.6. The van der Waals surface area contributed by atoms with Gasteiger partial charge in [0.15, 0.2) is 0 Å². The largest absolute Gasteiger partial charge is 0.495 e. The van der Waals surface area contributed by atoms with Crippen LogP contribution in [-0.4, -0.2) is 39.4 Å². The monoisotopic (exact) mass is 478 g/mol. The van der Waals surface area contributed by atoms with E-state index in [0.29, 0.717) is 36.0 Å². The van der Waals surface area contributed by atoms with Crippen molar-refractivity contribution in [2.45, 2.75) is 31.2 Å². The second kappa shape index (κ2) is 10.3. The first-order valence-corrected chi connectivity index (χ1v) is 12.9. The minimum atomic E-state index is -4.00. The van der Waals surface area contributed by atoms with E-state index < -0.39 is 10.0 Å². The summed E-state index contributed by atoms with van der Waals surface area (Å²) in [7, 11) is -2.48. The summed E-state index contributed by atoms with van der Waals surface area (Å²) in [5.74, 6) is 0.767. The third-order valence-electron chi connectivity index (χ3n) is 6.14. The Morgan fingerprint density at radius 2 is 1.76 bits per heavy atom. The Bertz CT molecular complexity index is 1240. The van der Waals surface area contributed by atoms with Crippen LogP contribution in [0.3, 0.4) is 0 Å². The average Bonchev–Trinajstić information content (AvgIpc) is 2.87. The molecule has 178 valence electrons. The number of hydrogen-bond acceptors (Lipinski definition) is 4. The number of rotatable bonds is 7. The molecule has 1 aliphatic rings. The third kappa shape index (κ3) is 5.09. The van der Waals surface area contributed by atoms with Crippen molar-refractivity contribution in [2.75, 3.05) is 24.5 Å². The van der Waals surface area contributed by atoms with E-state index in [9.17, 15) is 13.2 Å². The molecule has 0 radical (unpaired) electrons. The molecule has 0 aliphatic carbocycles. The number of nitrogens with zero attached hydrogens (tertiary/aromatic N) is 2. The Balaban J connectivity index is 1.73. The van der Waals surface area contributed by atoms with Gasteiger partial charge in [0.1, 0.15) is 5.75 Å². The van der Waals surface area contributed by atoms with E-state index in [4.69, 9.17) is 4.74 Å². The smallest absolute Gasteiger partial charge is 0.264 e. The lowest BCUT2D eigenvalue weighted by molar-refractivity contribution is 0.0683. The van der Waals surface area contributed by atoms with E-state index in [0.717, 1.165) is 18.4 Å².